The molecule has 0 heterocycles. The average molecular weight is 394 g/mol. The Morgan fingerprint density at radius 1 is 1.00 bits per heavy atom. The number of rotatable bonds is 2. The summed E-state index contributed by atoms with van der Waals surface area (Å²) >= 11 is 7.00. The van der Waals surface area contributed by atoms with Crippen LogP contribution in [0.3, 0.4) is 0 Å². The Hall–Kier alpha value is -0.930. The highest BCUT2D eigenvalue weighted by molar-refractivity contribution is 9.11. The van der Waals surface area contributed by atoms with Gasteiger partial charge in [0.1, 0.15) is 0 Å². The third-order valence-electron chi connectivity index (χ3n) is 3.85. The first kappa shape index (κ1) is 14.0. The molecule has 102 valence electrons. The molecule has 0 saturated carbocycles. The molecule has 3 heteroatoms. The third-order valence-corrected chi connectivity index (χ3v) is 5.36. The van der Waals surface area contributed by atoms with Crippen LogP contribution in [0, 0.1) is 6.92 Å². The fourth-order valence-corrected chi connectivity index (χ4v) is 3.67. The molecule has 0 spiro atoms. The Morgan fingerprint density at radius 2 is 1.75 bits per heavy atom. The Morgan fingerprint density at radius 3 is 2.55 bits per heavy atom. The van der Waals surface area contributed by atoms with Crippen LogP contribution in [-0.4, -0.2) is 5.78 Å². The predicted molar refractivity (Wildman–Crippen MR) is 88.5 cm³/mol. The van der Waals surface area contributed by atoms with E-state index in [0.717, 1.165) is 32.9 Å². The van der Waals surface area contributed by atoms with Gasteiger partial charge in [0.15, 0.2) is 5.78 Å². The molecule has 0 unspecified atom stereocenters. The second-order valence-electron chi connectivity index (χ2n) is 5.25. The molecule has 0 radical (unpaired) electrons. The van der Waals surface area contributed by atoms with Gasteiger partial charge in [-0.2, -0.15) is 0 Å². The summed E-state index contributed by atoms with van der Waals surface area (Å²) in [5, 5.41) is 0. The zero-order chi connectivity index (χ0) is 14.3. The summed E-state index contributed by atoms with van der Waals surface area (Å²) in [5.74, 6) is 0.0762. The van der Waals surface area contributed by atoms with Gasteiger partial charge in [0, 0.05) is 20.1 Å². The van der Waals surface area contributed by atoms with Crippen molar-refractivity contribution in [2.24, 2.45) is 0 Å². The minimum absolute atomic E-state index is 0.0762. The fourth-order valence-electron chi connectivity index (χ4n) is 2.69. The second kappa shape index (κ2) is 5.45. The van der Waals surface area contributed by atoms with Gasteiger partial charge in [0.05, 0.1) is 0 Å². The Bertz CT molecular complexity index is 704. The van der Waals surface area contributed by atoms with E-state index in [1.165, 1.54) is 17.5 Å². The number of carbonyl (C=O) groups is 1. The van der Waals surface area contributed by atoms with Crippen molar-refractivity contribution in [2.45, 2.75) is 26.2 Å². The summed E-state index contributed by atoms with van der Waals surface area (Å²) in [6.45, 7) is 2.01. The molecule has 1 aliphatic rings. The number of ketones is 1. The van der Waals surface area contributed by atoms with E-state index in [0.29, 0.717) is 5.56 Å². The van der Waals surface area contributed by atoms with Crippen molar-refractivity contribution < 1.29 is 4.79 Å². The van der Waals surface area contributed by atoms with Gasteiger partial charge in [-0.05, 0) is 61.1 Å². The maximum atomic E-state index is 12.7. The van der Waals surface area contributed by atoms with Gasteiger partial charge in [-0.1, -0.05) is 44.0 Å². The summed E-state index contributed by atoms with van der Waals surface area (Å²) in [6, 6.07) is 9.99. The molecule has 1 nitrogen and oxygen atoms in total. The van der Waals surface area contributed by atoms with Gasteiger partial charge in [-0.25, -0.2) is 0 Å². The van der Waals surface area contributed by atoms with Gasteiger partial charge < -0.3 is 0 Å². The molecule has 1 aliphatic carbocycles. The fraction of sp³-hybridized carbons (Fsp3) is 0.235. The molecule has 0 N–H and O–H groups in total. The monoisotopic (exact) mass is 392 g/mol. The first-order chi connectivity index (χ1) is 9.56. The van der Waals surface area contributed by atoms with Crippen molar-refractivity contribution in [1.29, 1.82) is 0 Å². The van der Waals surface area contributed by atoms with Gasteiger partial charge in [0.25, 0.3) is 0 Å². The molecule has 2 aromatic rings. The first-order valence-corrected chi connectivity index (χ1v) is 8.27. The topological polar surface area (TPSA) is 17.1 Å². The van der Waals surface area contributed by atoms with Crippen molar-refractivity contribution in [1.82, 2.24) is 0 Å². The standard InChI is InChI=1S/C17H14Br2O/c1-10-7-16(19)14(9-15(10)18)17(20)13-6-5-11-3-2-4-12(11)8-13/h5-9H,2-4H2,1H3. The smallest absolute Gasteiger partial charge is 0.194 e. The summed E-state index contributed by atoms with van der Waals surface area (Å²) in [6.07, 6.45) is 3.44. The van der Waals surface area contributed by atoms with Gasteiger partial charge >= 0.3 is 0 Å². The Labute approximate surface area is 135 Å². The van der Waals surface area contributed by atoms with Crippen molar-refractivity contribution in [3.63, 3.8) is 0 Å². The highest BCUT2D eigenvalue weighted by Crippen LogP contribution is 2.29. The Kier molecular flexibility index (Phi) is 3.83. The number of aryl methyl sites for hydroxylation is 3. The summed E-state index contributed by atoms with van der Waals surface area (Å²) in [4.78, 5) is 12.7. The van der Waals surface area contributed by atoms with Crippen LogP contribution in [0.2, 0.25) is 0 Å². The number of hydrogen-bond acceptors (Lipinski definition) is 1. The number of halogens is 2. The highest BCUT2D eigenvalue weighted by Gasteiger charge is 2.17. The molecule has 3 rings (SSSR count). The van der Waals surface area contributed by atoms with Crippen LogP contribution in [-0.2, 0) is 12.8 Å². The lowest BCUT2D eigenvalue weighted by molar-refractivity contribution is 0.103. The van der Waals surface area contributed by atoms with Gasteiger partial charge in [-0.15, -0.1) is 0 Å². The lowest BCUT2D eigenvalue weighted by Gasteiger charge is -2.08. The van der Waals surface area contributed by atoms with E-state index >= 15 is 0 Å². The van der Waals surface area contributed by atoms with Crippen LogP contribution in [0.25, 0.3) is 0 Å². The van der Waals surface area contributed by atoms with Crippen molar-refractivity contribution in [3.8, 4) is 0 Å². The molecule has 0 bridgehead atoms. The van der Waals surface area contributed by atoms with E-state index in [1.807, 2.05) is 25.1 Å². The van der Waals surface area contributed by atoms with Crippen LogP contribution in [0.1, 0.15) is 39.0 Å². The summed E-state index contributed by atoms with van der Waals surface area (Å²) < 4.78 is 1.81. The van der Waals surface area contributed by atoms with Gasteiger partial charge in [-0.3, -0.25) is 4.79 Å². The van der Waals surface area contributed by atoms with Crippen LogP contribution in [0.4, 0.5) is 0 Å². The molecule has 0 fully saturated rings. The van der Waals surface area contributed by atoms with E-state index in [1.54, 1.807) is 0 Å². The quantitative estimate of drug-likeness (QED) is 0.637. The van der Waals surface area contributed by atoms with Crippen molar-refractivity contribution in [3.05, 3.63) is 67.1 Å². The first-order valence-electron chi connectivity index (χ1n) is 6.68. The average Bonchev–Trinajstić information content (AvgIpc) is 2.89. The molecule has 0 aliphatic heterocycles. The van der Waals surface area contributed by atoms with Crippen LogP contribution in [0.5, 0.6) is 0 Å². The Balaban J connectivity index is 2.03. The zero-order valence-electron chi connectivity index (χ0n) is 11.2. The predicted octanol–water partition coefficient (Wildman–Crippen LogP) is 5.24. The van der Waals surface area contributed by atoms with E-state index in [9.17, 15) is 4.79 Å². The van der Waals surface area contributed by atoms with E-state index in [4.69, 9.17) is 0 Å². The lowest BCUT2D eigenvalue weighted by Crippen LogP contribution is -2.04. The maximum absolute atomic E-state index is 12.7. The summed E-state index contributed by atoms with van der Waals surface area (Å²) in [7, 11) is 0. The molecule has 0 saturated heterocycles. The zero-order valence-corrected chi connectivity index (χ0v) is 14.3. The summed E-state index contributed by atoms with van der Waals surface area (Å²) in [5.41, 5.74) is 5.33. The molecule has 0 amide bonds. The molecular weight excluding hydrogens is 380 g/mol. The van der Waals surface area contributed by atoms with Crippen LogP contribution >= 0.6 is 31.9 Å². The number of hydrogen-bond donors (Lipinski definition) is 0. The van der Waals surface area contributed by atoms with E-state index < -0.39 is 0 Å². The normalized spacial score (nSPS) is 13.3. The molecular formula is C17H14Br2O. The van der Waals surface area contributed by atoms with Gasteiger partial charge in [0.2, 0.25) is 0 Å². The molecule has 2 aromatic carbocycles. The highest BCUT2D eigenvalue weighted by atomic mass is 79.9. The number of benzene rings is 2. The van der Waals surface area contributed by atoms with Crippen molar-refractivity contribution in [2.75, 3.05) is 0 Å². The van der Waals surface area contributed by atoms with E-state index in [-0.39, 0.29) is 5.78 Å². The maximum Gasteiger partial charge on any atom is 0.194 e. The van der Waals surface area contributed by atoms with Crippen molar-refractivity contribution >= 4 is 37.6 Å². The SMILES string of the molecule is Cc1cc(Br)c(C(=O)c2ccc3c(c2)CCC3)cc1Br. The molecule has 20 heavy (non-hydrogen) atoms. The van der Waals surface area contributed by atoms with E-state index in [2.05, 4.69) is 44.0 Å². The largest absolute Gasteiger partial charge is 0.289 e. The number of carbonyl (C=O) groups excluding carboxylic acids is 1. The minimum atomic E-state index is 0.0762. The lowest BCUT2D eigenvalue weighted by atomic mass is 9.99. The number of fused-ring (bicyclic) bond motifs is 1. The molecule has 0 aromatic heterocycles. The second-order valence-corrected chi connectivity index (χ2v) is 6.96. The van der Waals surface area contributed by atoms with Crippen LogP contribution in [0.15, 0.2) is 39.3 Å². The van der Waals surface area contributed by atoms with Crippen LogP contribution < -0.4 is 0 Å². The minimum Gasteiger partial charge on any atom is -0.289 e. The third kappa shape index (κ3) is 2.49. The molecule has 0 atom stereocenters.